The van der Waals surface area contributed by atoms with Gasteiger partial charge in [-0.2, -0.15) is 0 Å². The van der Waals surface area contributed by atoms with E-state index in [2.05, 4.69) is 10.6 Å². The van der Waals surface area contributed by atoms with Crippen molar-refractivity contribution in [3.63, 3.8) is 0 Å². The van der Waals surface area contributed by atoms with Crippen LogP contribution in [0.15, 0.2) is 36.4 Å². The Balaban J connectivity index is 2.10. The molecule has 0 saturated carbocycles. The molecule has 0 fully saturated rings. The van der Waals surface area contributed by atoms with Crippen LogP contribution in [0.3, 0.4) is 0 Å². The Labute approximate surface area is 141 Å². The van der Waals surface area contributed by atoms with Crippen LogP contribution in [0.4, 0.5) is 15.8 Å². The third-order valence-electron chi connectivity index (χ3n) is 3.78. The number of amides is 2. The van der Waals surface area contributed by atoms with E-state index in [-0.39, 0.29) is 24.1 Å². The van der Waals surface area contributed by atoms with E-state index >= 15 is 0 Å². The van der Waals surface area contributed by atoms with Crippen LogP contribution in [-0.2, 0) is 16.0 Å². The van der Waals surface area contributed by atoms with E-state index in [1.54, 1.807) is 25.1 Å². The molecule has 0 aliphatic heterocycles. The van der Waals surface area contributed by atoms with Gasteiger partial charge in [0.25, 0.3) is 0 Å². The Morgan fingerprint density at radius 3 is 2.38 bits per heavy atom. The van der Waals surface area contributed by atoms with Crippen LogP contribution in [0.25, 0.3) is 0 Å². The Kier molecular flexibility index (Phi) is 5.68. The quantitative estimate of drug-likeness (QED) is 0.872. The smallest absolute Gasteiger partial charge is 0.228 e. The van der Waals surface area contributed by atoms with Gasteiger partial charge in [-0.25, -0.2) is 4.39 Å². The van der Waals surface area contributed by atoms with Crippen molar-refractivity contribution < 1.29 is 14.0 Å². The molecule has 0 unspecified atom stereocenters. The molecule has 0 aromatic heterocycles. The van der Waals surface area contributed by atoms with Gasteiger partial charge in [0.05, 0.1) is 6.42 Å². The zero-order chi connectivity index (χ0) is 17.7. The minimum atomic E-state index is -0.358. The molecule has 0 aliphatic rings. The van der Waals surface area contributed by atoms with Crippen LogP contribution in [0.2, 0.25) is 0 Å². The van der Waals surface area contributed by atoms with Crippen molar-refractivity contribution in [1.29, 1.82) is 0 Å². The summed E-state index contributed by atoms with van der Waals surface area (Å²) >= 11 is 0. The third kappa shape index (κ3) is 4.65. The summed E-state index contributed by atoms with van der Waals surface area (Å²) in [7, 11) is 0. The van der Waals surface area contributed by atoms with E-state index in [0.29, 0.717) is 23.4 Å². The molecule has 0 heterocycles. The maximum Gasteiger partial charge on any atom is 0.228 e. The summed E-state index contributed by atoms with van der Waals surface area (Å²) in [5.74, 6) is -0.680. The van der Waals surface area contributed by atoms with E-state index in [1.807, 2.05) is 19.9 Å². The number of anilines is 2. The van der Waals surface area contributed by atoms with E-state index in [1.165, 1.54) is 12.1 Å². The summed E-state index contributed by atoms with van der Waals surface area (Å²) in [4.78, 5) is 23.7. The highest BCUT2D eigenvalue weighted by atomic mass is 19.1. The number of nitrogens with one attached hydrogen (secondary N) is 2. The van der Waals surface area contributed by atoms with E-state index < -0.39 is 0 Å². The van der Waals surface area contributed by atoms with Crippen molar-refractivity contribution in [3.05, 3.63) is 58.9 Å². The molecule has 2 amide bonds. The largest absolute Gasteiger partial charge is 0.326 e. The van der Waals surface area contributed by atoms with Gasteiger partial charge >= 0.3 is 0 Å². The van der Waals surface area contributed by atoms with Crippen molar-refractivity contribution in [2.75, 3.05) is 10.6 Å². The molecule has 2 N–H and O–H groups in total. The molecular weight excluding hydrogens is 307 g/mol. The number of halogens is 1. The lowest BCUT2D eigenvalue weighted by molar-refractivity contribution is -0.116. The van der Waals surface area contributed by atoms with Gasteiger partial charge in [0.1, 0.15) is 5.82 Å². The molecule has 0 spiro atoms. The standard InChI is InChI=1S/C19H21FN2O2/c1-4-18(23)22-17-11-16(8-6-13(17)3)21-19(24)10-14-9-15(20)7-5-12(14)2/h5-9,11H,4,10H2,1-3H3,(H,21,24)(H,22,23). The van der Waals surface area contributed by atoms with Crippen LogP contribution < -0.4 is 10.6 Å². The molecular formula is C19H21FN2O2. The molecule has 0 radical (unpaired) electrons. The molecule has 0 aliphatic carbocycles. The molecule has 2 rings (SSSR count). The van der Waals surface area contributed by atoms with Gasteiger partial charge < -0.3 is 10.6 Å². The lowest BCUT2D eigenvalue weighted by Gasteiger charge is -2.12. The topological polar surface area (TPSA) is 58.2 Å². The average Bonchev–Trinajstić information content (AvgIpc) is 2.54. The number of aryl methyl sites for hydroxylation is 2. The summed E-state index contributed by atoms with van der Waals surface area (Å²) in [5, 5.41) is 5.58. The van der Waals surface area contributed by atoms with Gasteiger partial charge in [0, 0.05) is 17.8 Å². The fourth-order valence-electron chi connectivity index (χ4n) is 2.28. The molecule has 0 atom stereocenters. The molecule has 4 nitrogen and oxygen atoms in total. The number of benzene rings is 2. The fourth-order valence-corrected chi connectivity index (χ4v) is 2.28. The summed E-state index contributed by atoms with van der Waals surface area (Å²) in [5.41, 5.74) is 3.69. The van der Waals surface area contributed by atoms with Gasteiger partial charge in [-0.05, 0) is 54.8 Å². The predicted molar refractivity (Wildman–Crippen MR) is 93.6 cm³/mol. The van der Waals surface area contributed by atoms with Crippen LogP contribution in [-0.4, -0.2) is 11.8 Å². The van der Waals surface area contributed by atoms with Gasteiger partial charge in [0.2, 0.25) is 11.8 Å². The molecule has 0 bridgehead atoms. The van der Waals surface area contributed by atoms with Crippen molar-refractivity contribution in [3.8, 4) is 0 Å². The Morgan fingerprint density at radius 1 is 0.958 bits per heavy atom. The van der Waals surface area contributed by atoms with Crippen molar-refractivity contribution >= 4 is 23.2 Å². The van der Waals surface area contributed by atoms with Gasteiger partial charge in [-0.15, -0.1) is 0 Å². The number of rotatable bonds is 5. The Bertz CT molecular complexity index is 772. The number of hydrogen-bond donors (Lipinski definition) is 2. The fraction of sp³-hybridized carbons (Fsp3) is 0.263. The molecule has 2 aromatic carbocycles. The number of hydrogen-bond acceptors (Lipinski definition) is 2. The van der Waals surface area contributed by atoms with Crippen molar-refractivity contribution in [1.82, 2.24) is 0 Å². The van der Waals surface area contributed by atoms with E-state index in [0.717, 1.165) is 11.1 Å². The first-order chi connectivity index (χ1) is 11.4. The molecule has 2 aromatic rings. The minimum absolute atomic E-state index is 0.0861. The lowest BCUT2D eigenvalue weighted by atomic mass is 10.1. The summed E-state index contributed by atoms with van der Waals surface area (Å²) in [6.45, 7) is 5.50. The highest BCUT2D eigenvalue weighted by molar-refractivity contribution is 5.95. The van der Waals surface area contributed by atoms with Crippen LogP contribution in [0.5, 0.6) is 0 Å². The second-order valence-electron chi connectivity index (χ2n) is 5.73. The van der Waals surface area contributed by atoms with Crippen molar-refractivity contribution in [2.45, 2.75) is 33.6 Å². The summed E-state index contributed by atoms with van der Waals surface area (Å²) < 4.78 is 13.3. The minimum Gasteiger partial charge on any atom is -0.326 e. The SMILES string of the molecule is CCC(=O)Nc1cc(NC(=O)Cc2cc(F)ccc2C)ccc1C. The highest BCUT2D eigenvalue weighted by Gasteiger charge is 2.09. The van der Waals surface area contributed by atoms with Gasteiger partial charge in [-0.3, -0.25) is 9.59 Å². The monoisotopic (exact) mass is 328 g/mol. The van der Waals surface area contributed by atoms with Gasteiger partial charge in [-0.1, -0.05) is 19.1 Å². The maximum atomic E-state index is 13.3. The number of carbonyl (C=O) groups is 2. The Hall–Kier alpha value is -2.69. The molecule has 126 valence electrons. The highest BCUT2D eigenvalue weighted by Crippen LogP contribution is 2.21. The van der Waals surface area contributed by atoms with Gasteiger partial charge in [0.15, 0.2) is 0 Å². The zero-order valence-electron chi connectivity index (χ0n) is 14.1. The Morgan fingerprint density at radius 2 is 1.67 bits per heavy atom. The summed E-state index contributed by atoms with van der Waals surface area (Å²) in [6, 6.07) is 9.72. The second kappa shape index (κ2) is 7.73. The third-order valence-corrected chi connectivity index (χ3v) is 3.78. The second-order valence-corrected chi connectivity index (χ2v) is 5.73. The lowest BCUT2D eigenvalue weighted by Crippen LogP contribution is -2.16. The molecule has 24 heavy (non-hydrogen) atoms. The molecule has 5 heteroatoms. The van der Waals surface area contributed by atoms with E-state index in [4.69, 9.17) is 0 Å². The van der Waals surface area contributed by atoms with Crippen molar-refractivity contribution in [2.24, 2.45) is 0 Å². The van der Waals surface area contributed by atoms with Crippen LogP contribution >= 0.6 is 0 Å². The first-order valence-corrected chi connectivity index (χ1v) is 7.84. The van der Waals surface area contributed by atoms with E-state index in [9.17, 15) is 14.0 Å². The average molecular weight is 328 g/mol. The first kappa shape index (κ1) is 17.7. The maximum absolute atomic E-state index is 13.3. The normalized spacial score (nSPS) is 10.3. The number of carbonyl (C=O) groups excluding carboxylic acids is 2. The van der Waals surface area contributed by atoms with Crippen LogP contribution in [0, 0.1) is 19.7 Å². The van der Waals surface area contributed by atoms with Crippen LogP contribution in [0.1, 0.15) is 30.0 Å². The first-order valence-electron chi connectivity index (χ1n) is 7.84. The predicted octanol–water partition coefficient (Wildman–Crippen LogP) is 3.97. The summed E-state index contributed by atoms with van der Waals surface area (Å²) in [6.07, 6.45) is 0.475. The molecule has 0 saturated heterocycles. The zero-order valence-corrected chi connectivity index (χ0v) is 14.1.